The summed E-state index contributed by atoms with van der Waals surface area (Å²) in [4.78, 5) is 24.2. The highest BCUT2D eigenvalue weighted by Gasteiger charge is 2.24. The average Bonchev–Trinajstić information content (AvgIpc) is 3.29. The van der Waals surface area contributed by atoms with Crippen molar-refractivity contribution in [3.05, 3.63) is 70.9 Å². The number of carbonyl (C=O) groups excluding carboxylic acids is 1. The third kappa shape index (κ3) is 6.21. The summed E-state index contributed by atoms with van der Waals surface area (Å²) < 4.78 is 0. The fourth-order valence-electron chi connectivity index (χ4n) is 5.15. The molecule has 3 aromatic heterocycles. The van der Waals surface area contributed by atoms with E-state index in [9.17, 15) is 9.90 Å². The van der Waals surface area contributed by atoms with Crippen LogP contribution in [0.3, 0.4) is 0 Å². The van der Waals surface area contributed by atoms with Crippen molar-refractivity contribution in [3.8, 4) is 11.1 Å². The number of aliphatic hydroxyl groups excluding tert-OH is 1. The van der Waals surface area contributed by atoms with Gasteiger partial charge in [0.25, 0.3) is 5.91 Å². The van der Waals surface area contributed by atoms with Crippen LogP contribution in [0.1, 0.15) is 60.5 Å². The Kier molecular flexibility index (Phi) is 9.16. The molecule has 0 spiro atoms. The highest BCUT2D eigenvalue weighted by molar-refractivity contribution is 7.21. The van der Waals surface area contributed by atoms with Crippen LogP contribution in [0.4, 0.5) is 11.5 Å². The summed E-state index contributed by atoms with van der Waals surface area (Å²) in [6, 6.07) is 14.5. The maximum Gasteiger partial charge on any atom is 0.260 e. The van der Waals surface area contributed by atoms with E-state index in [0.717, 1.165) is 77.1 Å². The van der Waals surface area contributed by atoms with Crippen LogP contribution < -0.4 is 21.7 Å². The fourth-order valence-corrected chi connectivity index (χ4v) is 6.14. The lowest BCUT2D eigenvalue weighted by Gasteiger charge is -2.34. The average molecular weight is 547 g/mol. The van der Waals surface area contributed by atoms with Gasteiger partial charge >= 0.3 is 0 Å². The lowest BCUT2D eigenvalue weighted by Crippen LogP contribution is -2.44. The van der Waals surface area contributed by atoms with Gasteiger partial charge in [-0.3, -0.25) is 9.78 Å². The van der Waals surface area contributed by atoms with Gasteiger partial charge in [-0.05, 0) is 59.7 Å². The molecule has 4 heterocycles. The SMILES string of the molecule is C.CCCc1cc(N2CCC(NCC(O)c3ccc(-c4ccncc4)cc3)CC2)nc2sc(C(N)=O)c(N)c12. The van der Waals surface area contributed by atoms with Crippen molar-refractivity contribution >= 4 is 39.0 Å². The Bertz CT molecular complexity index is 1400. The normalized spacial score (nSPS) is 14.8. The lowest BCUT2D eigenvalue weighted by atomic mass is 10.0. The highest BCUT2D eigenvalue weighted by atomic mass is 32.1. The molecule has 1 aromatic carbocycles. The predicted molar refractivity (Wildman–Crippen MR) is 161 cm³/mol. The molecule has 1 aliphatic heterocycles. The molecule has 0 saturated carbocycles. The fraction of sp³-hybridized carbons (Fsp3) is 0.367. The van der Waals surface area contributed by atoms with Crippen LogP contribution in [-0.4, -0.2) is 46.7 Å². The number of piperidine rings is 1. The number of nitrogens with one attached hydrogen (secondary N) is 1. The minimum absolute atomic E-state index is 0. The molecule has 8 nitrogen and oxygen atoms in total. The molecule has 9 heteroatoms. The van der Waals surface area contributed by atoms with Crippen LogP contribution in [0.2, 0.25) is 0 Å². The first-order valence-corrected chi connectivity index (χ1v) is 13.9. The van der Waals surface area contributed by atoms with Crippen molar-refractivity contribution in [2.45, 2.75) is 52.2 Å². The van der Waals surface area contributed by atoms with Crippen molar-refractivity contribution < 1.29 is 9.90 Å². The van der Waals surface area contributed by atoms with Gasteiger partial charge in [-0.2, -0.15) is 0 Å². The zero-order valence-corrected chi connectivity index (χ0v) is 22.4. The molecule has 0 bridgehead atoms. The molecule has 206 valence electrons. The molecule has 1 aliphatic rings. The van der Waals surface area contributed by atoms with Gasteiger partial charge in [-0.1, -0.05) is 45.0 Å². The minimum atomic E-state index is -0.566. The van der Waals surface area contributed by atoms with E-state index in [4.69, 9.17) is 16.5 Å². The number of carbonyl (C=O) groups is 1. The van der Waals surface area contributed by atoms with Gasteiger partial charge in [0.15, 0.2) is 0 Å². The number of aryl methyl sites for hydroxylation is 1. The van der Waals surface area contributed by atoms with E-state index < -0.39 is 12.0 Å². The standard InChI is InChI=1S/C29H34N6O2S.CH4/c1-2-3-21-16-24(34-29-25(21)26(30)27(38-29)28(31)37)35-14-10-22(11-15-35)33-17-23(36)20-6-4-18(5-7-20)19-8-12-32-13-9-19;/h4-9,12-13,16,22-23,33,36H,2-3,10-11,14-15,17,30H2,1H3,(H2,31,37);1H4. The second-order valence-electron chi connectivity index (χ2n) is 9.82. The Morgan fingerprint density at radius 2 is 1.82 bits per heavy atom. The number of rotatable bonds is 9. The first kappa shape index (κ1) is 28.5. The van der Waals surface area contributed by atoms with E-state index in [-0.39, 0.29) is 7.43 Å². The van der Waals surface area contributed by atoms with E-state index in [2.05, 4.69) is 28.2 Å². The number of hydrogen-bond donors (Lipinski definition) is 4. The van der Waals surface area contributed by atoms with Crippen LogP contribution in [0.5, 0.6) is 0 Å². The van der Waals surface area contributed by atoms with Crippen LogP contribution in [0, 0.1) is 0 Å². The minimum Gasteiger partial charge on any atom is -0.397 e. The number of primary amides is 1. The van der Waals surface area contributed by atoms with Crippen LogP contribution >= 0.6 is 11.3 Å². The third-order valence-corrected chi connectivity index (χ3v) is 8.35. The molecule has 39 heavy (non-hydrogen) atoms. The molecule has 1 saturated heterocycles. The van der Waals surface area contributed by atoms with E-state index in [1.165, 1.54) is 11.3 Å². The van der Waals surface area contributed by atoms with Gasteiger partial charge in [0.05, 0.1) is 11.8 Å². The predicted octanol–water partition coefficient (Wildman–Crippen LogP) is 4.92. The number of thiophene rings is 1. The number of benzene rings is 1. The zero-order valence-electron chi connectivity index (χ0n) is 21.6. The second kappa shape index (κ2) is 12.5. The summed E-state index contributed by atoms with van der Waals surface area (Å²) in [7, 11) is 0. The first-order chi connectivity index (χ1) is 18.4. The van der Waals surface area contributed by atoms with Crippen LogP contribution in [0.25, 0.3) is 21.3 Å². The number of aromatic nitrogens is 2. The molecular weight excluding hydrogens is 508 g/mol. The summed E-state index contributed by atoms with van der Waals surface area (Å²) in [5.74, 6) is 0.416. The van der Waals surface area contributed by atoms with Crippen molar-refractivity contribution in [1.82, 2.24) is 15.3 Å². The molecule has 1 atom stereocenters. The molecule has 0 radical (unpaired) electrons. The number of nitrogens with two attached hydrogens (primary N) is 2. The van der Waals surface area contributed by atoms with Gasteiger partial charge in [-0.25, -0.2) is 4.98 Å². The van der Waals surface area contributed by atoms with Crippen LogP contribution in [-0.2, 0) is 6.42 Å². The Morgan fingerprint density at radius 1 is 1.15 bits per heavy atom. The van der Waals surface area contributed by atoms with Gasteiger partial charge < -0.3 is 26.8 Å². The summed E-state index contributed by atoms with van der Waals surface area (Å²) in [5, 5.41) is 15.2. The summed E-state index contributed by atoms with van der Waals surface area (Å²) in [6.07, 6.45) is 6.74. The smallest absolute Gasteiger partial charge is 0.260 e. The number of pyridine rings is 2. The maximum absolute atomic E-state index is 11.8. The molecule has 1 fully saturated rings. The number of amides is 1. The molecule has 4 aromatic rings. The van der Waals surface area contributed by atoms with Crippen molar-refractivity contribution in [3.63, 3.8) is 0 Å². The maximum atomic E-state index is 11.8. The third-order valence-electron chi connectivity index (χ3n) is 7.24. The van der Waals surface area contributed by atoms with E-state index in [1.54, 1.807) is 12.4 Å². The van der Waals surface area contributed by atoms with Crippen molar-refractivity contribution in [2.75, 3.05) is 30.3 Å². The molecule has 1 unspecified atom stereocenters. The molecule has 6 N–H and O–H groups in total. The Balaban J connectivity index is 0.00000353. The monoisotopic (exact) mass is 546 g/mol. The van der Waals surface area contributed by atoms with Crippen molar-refractivity contribution in [2.24, 2.45) is 5.73 Å². The van der Waals surface area contributed by atoms with Crippen molar-refractivity contribution in [1.29, 1.82) is 0 Å². The molecular formula is C30H38N6O2S. The van der Waals surface area contributed by atoms with E-state index >= 15 is 0 Å². The first-order valence-electron chi connectivity index (χ1n) is 13.1. The number of aliphatic hydroxyl groups is 1. The number of fused-ring (bicyclic) bond motifs is 1. The van der Waals surface area contributed by atoms with Gasteiger partial charge in [-0.15, -0.1) is 11.3 Å². The second-order valence-corrected chi connectivity index (χ2v) is 10.8. The number of hydrogen-bond acceptors (Lipinski definition) is 8. The highest BCUT2D eigenvalue weighted by Crippen LogP contribution is 2.37. The lowest BCUT2D eigenvalue weighted by molar-refractivity contribution is 0.100. The Labute approximate surface area is 234 Å². The van der Waals surface area contributed by atoms with Gasteiger partial charge in [0.1, 0.15) is 15.5 Å². The summed E-state index contributed by atoms with van der Waals surface area (Å²) in [5.41, 5.74) is 16.5. The topological polar surface area (TPSA) is 130 Å². The molecule has 5 rings (SSSR count). The van der Waals surface area contributed by atoms with Crippen LogP contribution in [0.15, 0.2) is 54.9 Å². The Hall–Kier alpha value is -3.53. The zero-order chi connectivity index (χ0) is 26.6. The number of anilines is 2. The Morgan fingerprint density at radius 3 is 2.46 bits per heavy atom. The number of nitrogens with zero attached hydrogens (tertiary/aromatic N) is 3. The van der Waals surface area contributed by atoms with Gasteiger partial charge in [0, 0.05) is 43.5 Å². The summed E-state index contributed by atoms with van der Waals surface area (Å²) >= 11 is 1.28. The summed E-state index contributed by atoms with van der Waals surface area (Å²) in [6.45, 7) is 4.36. The van der Waals surface area contributed by atoms with E-state index in [1.807, 2.05) is 36.4 Å². The quantitative estimate of drug-likeness (QED) is 0.234. The van der Waals surface area contributed by atoms with E-state index in [0.29, 0.717) is 23.2 Å². The van der Waals surface area contributed by atoms with Gasteiger partial charge in [0.2, 0.25) is 0 Å². The largest absolute Gasteiger partial charge is 0.397 e. The molecule has 0 aliphatic carbocycles. The number of nitrogen functional groups attached to an aromatic ring is 1. The molecule has 1 amide bonds.